The van der Waals surface area contributed by atoms with E-state index in [2.05, 4.69) is 21.2 Å². The molecule has 106 valence electrons. The second-order valence-electron chi connectivity index (χ2n) is 5.11. The van der Waals surface area contributed by atoms with Crippen LogP contribution >= 0.6 is 27.5 Å². The van der Waals surface area contributed by atoms with Gasteiger partial charge in [-0.15, -0.1) is 0 Å². The zero-order valence-corrected chi connectivity index (χ0v) is 13.1. The van der Waals surface area contributed by atoms with Crippen molar-refractivity contribution in [1.82, 2.24) is 5.32 Å². The number of hydrogen-bond donors (Lipinski definition) is 2. The summed E-state index contributed by atoms with van der Waals surface area (Å²) in [6.45, 7) is 3.17. The average molecular weight is 349 g/mol. The minimum absolute atomic E-state index is 0.0449. The van der Waals surface area contributed by atoms with Gasteiger partial charge in [0.15, 0.2) is 0 Å². The number of aliphatic hydroxyl groups is 1. The minimum atomic E-state index is -0.0449. The minimum Gasteiger partial charge on any atom is -0.396 e. The Kier molecular flexibility index (Phi) is 5.66. The van der Waals surface area contributed by atoms with Crippen LogP contribution in [0.2, 0.25) is 5.02 Å². The molecule has 5 heteroatoms. The van der Waals surface area contributed by atoms with E-state index in [0.717, 1.165) is 47.7 Å². The smallest absolute Gasteiger partial charge is 0.0501 e. The Balaban J connectivity index is 1.90. The molecular formula is C14H19BrClNO2. The van der Waals surface area contributed by atoms with Gasteiger partial charge in [0.05, 0.1) is 6.61 Å². The second-order valence-corrected chi connectivity index (χ2v) is 6.43. The third kappa shape index (κ3) is 4.17. The van der Waals surface area contributed by atoms with Gasteiger partial charge < -0.3 is 15.2 Å². The van der Waals surface area contributed by atoms with E-state index in [9.17, 15) is 5.11 Å². The standard InChI is InChI=1S/C14H19BrClNO2/c15-12-1-2-13(16)11(7-12)8-17-9-14(10-18)3-5-19-6-4-14/h1-2,7,17-18H,3-6,8-10H2. The number of aliphatic hydroxyl groups excluding tert-OH is 1. The average Bonchev–Trinajstić information content (AvgIpc) is 2.44. The highest BCUT2D eigenvalue weighted by Crippen LogP contribution is 2.29. The van der Waals surface area contributed by atoms with Crippen LogP contribution in [0.25, 0.3) is 0 Å². The summed E-state index contributed by atoms with van der Waals surface area (Å²) >= 11 is 9.60. The lowest BCUT2D eigenvalue weighted by molar-refractivity contribution is -0.0154. The Hall–Kier alpha value is -0.130. The quantitative estimate of drug-likeness (QED) is 0.859. The molecule has 1 heterocycles. The Morgan fingerprint density at radius 1 is 1.37 bits per heavy atom. The summed E-state index contributed by atoms with van der Waals surface area (Å²) in [6.07, 6.45) is 1.81. The van der Waals surface area contributed by atoms with Crippen LogP contribution in [0.5, 0.6) is 0 Å². The first kappa shape index (κ1) is 15.3. The van der Waals surface area contributed by atoms with Gasteiger partial charge in [0.1, 0.15) is 0 Å². The zero-order valence-electron chi connectivity index (χ0n) is 10.8. The molecule has 0 unspecified atom stereocenters. The molecule has 1 aromatic rings. The highest BCUT2D eigenvalue weighted by Gasteiger charge is 2.31. The Bertz CT molecular complexity index is 422. The van der Waals surface area contributed by atoms with Gasteiger partial charge in [-0.2, -0.15) is 0 Å². The molecule has 0 atom stereocenters. The van der Waals surface area contributed by atoms with E-state index in [0.29, 0.717) is 6.54 Å². The Labute approximate surface area is 127 Å². The van der Waals surface area contributed by atoms with Gasteiger partial charge >= 0.3 is 0 Å². The molecule has 2 N–H and O–H groups in total. The SMILES string of the molecule is OCC1(CNCc2cc(Br)ccc2Cl)CCOCC1. The highest BCUT2D eigenvalue weighted by atomic mass is 79.9. The van der Waals surface area contributed by atoms with E-state index in [1.54, 1.807) is 0 Å². The van der Waals surface area contributed by atoms with Crippen molar-refractivity contribution in [3.05, 3.63) is 33.3 Å². The van der Waals surface area contributed by atoms with Crippen LogP contribution in [0.4, 0.5) is 0 Å². The molecule has 0 amide bonds. The van der Waals surface area contributed by atoms with E-state index < -0.39 is 0 Å². The van der Waals surface area contributed by atoms with Crippen molar-refractivity contribution in [2.75, 3.05) is 26.4 Å². The number of hydrogen-bond acceptors (Lipinski definition) is 3. The first-order chi connectivity index (χ1) is 9.15. The molecule has 1 aliphatic rings. The molecule has 0 bridgehead atoms. The van der Waals surface area contributed by atoms with Crippen molar-refractivity contribution in [3.8, 4) is 0 Å². The van der Waals surface area contributed by atoms with Crippen LogP contribution in [-0.2, 0) is 11.3 Å². The van der Waals surface area contributed by atoms with E-state index >= 15 is 0 Å². The molecule has 0 aliphatic carbocycles. The normalized spacial score (nSPS) is 18.5. The third-order valence-corrected chi connectivity index (χ3v) is 4.57. The predicted molar refractivity (Wildman–Crippen MR) is 80.4 cm³/mol. The topological polar surface area (TPSA) is 41.5 Å². The zero-order chi connectivity index (χ0) is 13.7. The van der Waals surface area contributed by atoms with E-state index in [-0.39, 0.29) is 12.0 Å². The lowest BCUT2D eigenvalue weighted by Gasteiger charge is -2.35. The van der Waals surface area contributed by atoms with E-state index in [1.807, 2.05) is 18.2 Å². The molecular weight excluding hydrogens is 330 g/mol. The summed E-state index contributed by atoms with van der Waals surface area (Å²) in [5.74, 6) is 0. The van der Waals surface area contributed by atoms with Crippen LogP contribution in [0, 0.1) is 5.41 Å². The maximum Gasteiger partial charge on any atom is 0.0501 e. The maximum absolute atomic E-state index is 9.61. The summed E-state index contributed by atoms with van der Waals surface area (Å²) in [4.78, 5) is 0. The maximum atomic E-state index is 9.61. The van der Waals surface area contributed by atoms with Crippen LogP contribution in [-0.4, -0.2) is 31.5 Å². The summed E-state index contributed by atoms with van der Waals surface area (Å²) in [5, 5.41) is 13.8. The van der Waals surface area contributed by atoms with E-state index in [4.69, 9.17) is 16.3 Å². The van der Waals surface area contributed by atoms with Crippen LogP contribution in [0.3, 0.4) is 0 Å². The molecule has 1 aliphatic heterocycles. The van der Waals surface area contributed by atoms with Crippen molar-refractivity contribution < 1.29 is 9.84 Å². The molecule has 0 aromatic heterocycles. The summed E-state index contributed by atoms with van der Waals surface area (Å²) in [6, 6.07) is 5.84. The van der Waals surface area contributed by atoms with Gasteiger partial charge in [-0.25, -0.2) is 0 Å². The third-order valence-electron chi connectivity index (χ3n) is 3.71. The van der Waals surface area contributed by atoms with Gasteiger partial charge in [-0.05, 0) is 36.6 Å². The van der Waals surface area contributed by atoms with Crippen molar-refractivity contribution in [1.29, 1.82) is 0 Å². The Morgan fingerprint density at radius 3 is 2.79 bits per heavy atom. The summed E-state index contributed by atoms with van der Waals surface area (Å²) in [7, 11) is 0. The van der Waals surface area contributed by atoms with Crippen molar-refractivity contribution in [2.24, 2.45) is 5.41 Å². The van der Waals surface area contributed by atoms with Gasteiger partial charge in [0.2, 0.25) is 0 Å². The number of nitrogens with one attached hydrogen (secondary N) is 1. The molecule has 3 nitrogen and oxygen atoms in total. The monoisotopic (exact) mass is 347 g/mol. The van der Waals surface area contributed by atoms with Crippen molar-refractivity contribution >= 4 is 27.5 Å². The molecule has 1 fully saturated rings. The predicted octanol–water partition coefficient (Wildman–Crippen LogP) is 2.98. The fraction of sp³-hybridized carbons (Fsp3) is 0.571. The molecule has 1 saturated heterocycles. The molecule has 0 radical (unpaired) electrons. The number of ether oxygens (including phenoxy) is 1. The van der Waals surface area contributed by atoms with Crippen molar-refractivity contribution in [3.63, 3.8) is 0 Å². The summed E-state index contributed by atoms with van der Waals surface area (Å²) in [5.41, 5.74) is 1.02. The lowest BCUT2D eigenvalue weighted by Crippen LogP contribution is -2.41. The Morgan fingerprint density at radius 2 is 2.11 bits per heavy atom. The van der Waals surface area contributed by atoms with Gasteiger partial charge in [-0.1, -0.05) is 27.5 Å². The second kappa shape index (κ2) is 7.04. The summed E-state index contributed by atoms with van der Waals surface area (Å²) < 4.78 is 6.38. The molecule has 2 rings (SSSR count). The molecule has 0 spiro atoms. The molecule has 1 aromatic carbocycles. The van der Waals surface area contributed by atoms with Gasteiger partial charge in [-0.3, -0.25) is 0 Å². The highest BCUT2D eigenvalue weighted by molar-refractivity contribution is 9.10. The van der Waals surface area contributed by atoms with Gasteiger partial charge in [0.25, 0.3) is 0 Å². The fourth-order valence-corrected chi connectivity index (χ4v) is 2.93. The first-order valence-electron chi connectivity index (χ1n) is 6.48. The van der Waals surface area contributed by atoms with Crippen molar-refractivity contribution in [2.45, 2.75) is 19.4 Å². The number of halogens is 2. The largest absolute Gasteiger partial charge is 0.396 e. The number of rotatable bonds is 5. The first-order valence-corrected chi connectivity index (χ1v) is 7.66. The van der Waals surface area contributed by atoms with Crippen LogP contribution in [0.15, 0.2) is 22.7 Å². The number of benzene rings is 1. The van der Waals surface area contributed by atoms with E-state index in [1.165, 1.54) is 0 Å². The van der Waals surface area contributed by atoms with Crippen LogP contribution < -0.4 is 5.32 Å². The molecule has 0 saturated carbocycles. The molecule has 19 heavy (non-hydrogen) atoms. The van der Waals surface area contributed by atoms with Crippen LogP contribution in [0.1, 0.15) is 18.4 Å². The van der Waals surface area contributed by atoms with Gasteiger partial charge in [0, 0.05) is 41.2 Å². The lowest BCUT2D eigenvalue weighted by atomic mass is 9.81. The fourth-order valence-electron chi connectivity index (χ4n) is 2.34.